The van der Waals surface area contributed by atoms with Crippen LogP contribution in [0.5, 0.6) is 0 Å². The van der Waals surface area contributed by atoms with Crippen molar-refractivity contribution in [2.24, 2.45) is 0 Å². The molecule has 1 aliphatic heterocycles. The van der Waals surface area contributed by atoms with E-state index in [0.717, 1.165) is 19.9 Å². The summed E-state index contributed by atoms with van der Waals surface area (Å²) in [6.45, 7) is 6.35. The molecule has 0 unspecified atom stereocenters. The van der Waals surface area contributed by atoms with E-state index < -0.39 is 11.9 Å². The Labute approximate surface area is 130 Å². The van der Waals surface area contributed by atoms with E-state index in [1.807, 2.05) is 12.1 Å². The molecule has 2 aromatic rings. The number of benzene rings is 2. The average molecular weight is 380 g/mol. The van der Waals surface area contributed by atoms with Crippen LogP contribution in [0.1, 0.15) is 47.1 Å². The molecule has 0 saturated heterocycles. The number of hydrogen-bond donors (Lipinski definition) is 0. The molecule has 1 heterocycles. The first kappa shape index (κ1) is 13.5. The predicted octanol–water partition coefficient (Wildman–Crippen LogP) is 4.05. The maximum atomic E-state index is 11.9. The fourth-order valence-corrected chi connectivity index (χ4v) is 3.20. The number of fused-ring (bicyclic) bond motifs is 3. The lowest BCUT2D eigenvalue weighted by Gasteiger charge is -2.20. The third-order valence-electron chi connectivity index (χ3n) is 3.56. The molecule has 0 aliphatic carbocycles. The Kier molecular flexibility index (Phi) is 2.90. The Balaban J connectivity index is 2.42. The first-order chi connectivity index (χ1) is 9.29. The maximum absolute atomic E-state index is 11.9. The van der Waals surface area contributed by atoms with Gasteiger partial charge in [-0.05, 0) is 56.5 Å². The van der Waals surface area contributed by atoms with Crippen molar-refractivity contribution >= 4 is 45.3 Å². The zero-order valence-electron chi connectivity index (χ0n) is 11.4. The summed E-state index contributed by atoms with van der Waals surface area (Å²) >= 11 is 2.18. The van der Waals surface area contributed by atoms with E-state index in [0.29, 0.717) is 11.1 Å². The van der Waals surface area contributed by atoms with Gasteiger partial charge in [0.05, 0.1) is 11.1 Å². The molecule has 2 aromatic carbocycles. The van der Waals surface area contributed by atoms with Crippen LogP contribution in [0.2, 0.25) is 0 Å². The van der Waals surface area contributed by atoms with E-state index in [-0.39, 0.29) is 5.41 Å². The van der Waals surface area contributed by atoms with Crippen LogP contribution in [-0.4, -0.2) is 11.9 Å². The standard InChI is InChI=1S/C16H13IO3/c1-16(2,3)8-4-5-9-10(6-8)13-11(7-12(9)17)14(18)20-15(13)19/h4-7H,1-3H3. The van der Waals surface area contributed by atoms with E-state index in [2.05, 4.69) is 49.4 Å². The third kappa shape index (κ3) is 1.93. The minimum Gasteiger partial charge on any atom is -0.386 e. The van der Waals surface area contributed by atoms with Gasteiger partial charge >= 0.3 is 11.9 Å². The van der Waals surface area contributed by atoms with Gasteiger partial charge in [0.15, 0.2) is 0 Å². The molecule has 3 nitrogen and oxygen atoms in total. The third-order valence-corrected chi connectivity index (χ3v) is 4.45. The van der Waals surface area contributed by atoms with Gasteiger partial charge in [-0.2, -0.15) is 0 Å². The van der Waals surface area contributed by atoms with Gasteiger partial charge in [0.2, 0.25) is 0 Å². The number of carbonyl (C=O) groups excluding carboxylic acids is 2. The van der Waals surface area contributed by atoms with Crippen molar-refractivity contribution in [2.45, 2.75) is 26.2 Å². The van der Waals surface area contributed by atoms with Gasteiger partial charge in [-0.25, -0.2) is 9.59 Å². The van der Waals surface area contributed by atoms with Gasteiger partial charge in [0.1, 0.15) is 0 Å². The first-order valence-corrected chi connectivity index (χ1v) is 7.40. The van der Waals surface area contributed by atoms with Crippen LogP contribution in [0, 0.1) is 3.57 Å². The van der Waals surface area contributed by atoms with Crippen molar-refractivity contribution in [1.29, 1.82) is 0 Å². The summed E-state index contributed by atoms with van der Waals surface area (Å²) in [6.07, 6.45) is 0. The van der Waals surface area contributed by atoms with Crippen LogP contribution < -0.4 is 0 Å². The largest absolute Gasteiger partial charge is 0.386 e. The van der Waals surface area contributed by atoms with Gasteiger partial charge in [-0.15, -0.1) is 0 Å². The second-order valence-electron chi connectivity index (χ2n) is 5.97. The average Bonchev–Trinajstić information content (AvgIpc) is 2.63. The smallest absolute Gasteiger partial charge is 0.347 e. The number of rotatable bonds is 0. The Bertz CT molecular complexity index is 769. The topological polar surface area (TPSA) is 43.4 Å². The highest BCUT2D eigenvalue weighted by Gasteiger charge is 2.32. The summed E-state index contributed by atoms with van der Waals surface area (Å²) in [4.78, 5) is 23.6. The van der Waals surface area contributed by atoms with E-state index >= 15 is 0 Å². The monoisotopic (exact) mass is 380 g/mol. The molecule has 0 N–H and O–H groups in total. The normalized spacial score (nSPS) is 14.6. The Hall–Kier alpha value is -1.43. The molecule has 1 aliphatic rings. The van der Waals surface area contributed by atoms with Crippen LogP contribution in [0.3, 0.4) is 0 Å². The second-order valence-corrected chi connectivity index (χ2v) is 7.13. The lowest BCUT2D eigenvalue weighted by atomic mass is 9.85. The molecule has 0 aromatic heterocycles. The fraction of sp³-hybridized carbons (Fsp3) is 0.250. The number of carbonyl (C=O) groups is 2. The molecule has 102 valence electrons. The van der Waals surface area contributed by atoms with E-state index in [9.17, 15) is 9.59 Å². The molecule has 4 heteroatoms. The molecule has 3 rings (SSSR count). The summed E-state index contributed by atoms with van der Waals surface area (Å²) in [5, 5.41) is 1.78. The summed E-state index contributed by atoms with van der Waals surface area (Å²) in [6, 6.07) is 7.80. The van der Waals surface area contributed by atoms with Crippen LogP contribution >= 0.6 is 22.6 Å². The molecular formula is C16H13IO3. The summed E-state index contributed by atoms with van der Waals surface area (Å²) in [5.41, 5.74) is 1.88. The summed E-state index contributed by atoms with van der Waals surface area (Å²) < 4.78 is 5.69. The molecule has 0 spiro atoms. The zero-order valence-corrected chi connectivity index (χ0v) is 13.6. The highest BCUT2D eigenvalue weighted by Crippen LogP contribution is 2.35. The fourth-order valence-electron chi connectivity index (χ4n) is 2.42. The molecule has 0 atom stereocenters. The number of ether oxygens (including phenoxy) is 1. The van der Waals surface area contributed by atoms with Gasteiger partial charge < -0.3 is 4.74 Å². The Morgan fingerprint density at radius 3 is 2.35 bits per heavy atom. The SMILES string of the molecule is CC(C)(C)c1ccc2c(I)cc3c(c2c1)C(=O)OC3=O. The quantitative estimate of drug-likeness (QED) is 0.394. The Morgan fingerprint density at radius 2 is 1.70 bits per heavy atom. The first-order valence-electron chi connectivity index (χ1n) is 6.32. The minimum atomic E-state index is -0.550. The summed E-state index contributed by atoms with van der Waals surface area (Å²) in [7, 11) is 0. The van der Waals surface area contributed by atoms with Crippen molar-refractivity contribution < 1.29 is 14.3 Å². The molecule has 0 amide bonds. The lowest BCUT2D eigenvalue weighted by Crippen LogP contribution is -2.11. The van der Waals surface area contributed by atoms with Crippen molar-refractivity contribution in [3.8, 4) is 0 Å². The molecule has 0 saturated carbocycles. The van der Waals surface area contributed by atoms with E-state index in [1.54, 1.807) is 6.07 Å². The molecule has 20 heavy (non-hydrogen) atoms. The number of hydrogen-bond acceptors (Lipinski definition) is 3. The van der Waals surface area contributed by atoms with Crippen molar-refractivity contribution in [2.75, 3.05) is 0 Å². The Morgan fingerprint density at radius 1 is 1.00 bits per heavy atom. The molecule has 0 radical (unpaired) electrons. The van der Waals surface area contributed by atoms with Crippen LogP contribution in [0.15, 0.2) is 24.3 Å². The molecule has 0 fully saturated rings. The van der Waals surface area contributed by atoms with Crippen molar-refractivity contribution in [3.05, 3.63) is 44.5 Å². The minimum absolute atomic E-state index is 0.0190. The van der Waals surface area contributed by atoms with Gasteiger partial charge in [-0.3, -0.25) is 0 Å². The van der Waals surface area contributed by atoms with Gasteiger partial charge in [0, 0.05) is 3.57 Å². The van der Waals surface area contributed by atoms with Crippen molar-refractivity contribution in [1.82, 2.24) is 0 Å². The predicted molar refractivity (Wildman–Crippen MR) is 85.1 cm³/mol. The van der Waals surface area contributed by atoms with Gasteiger partial charge in [-0.1, -0.05) is 32.9 Å². The zero-order chi connectivity index (χ0) is 14.7. The van der Waals surface area contributed by atoms with E-state index in [1.165, 1.54) is 0 Å². The molecular weight excluding hydrogens is 367 g/mol. The van der Waals surface area contributed by atoms with Crippen molar-refractivity contribution in [3.63, 3.8) is 0 Å². The summed E-state index contributed by atoms with van der Waals surface area (Å²) in [5.74, 6) is -1.09. The van der Waals surface area contributed by atoms with Crippen LogP contribution in [0.25, 0.3) is 10.8 Å². The lowest BCUT2D eigenvalue weighted by molar-refractivity contribution is 0.0444. The number of halogens is 1. The van der Waals surface area contributed by atoms with E-state index in [4.69, 9.17) is 4.74 Å². The number of esters is 2. The highest BCUT2D eigenvalue weighted by molar-refractivity contribution is 14.1. The maximum Gasteiger partial charge on any atom is 0.347 e. The number of cyclic esters (lactones) is 2. The van der Waals surface area contributed by atoms with Crippen LogP contribution in [-0.2, 0) is 10.2 Å². The highest BCUT2D eigenvalue weighted by atomic mass is 127. The van der Waals surface area contributed by atoms with Gasteiger partial charge in [0.25, 0.3) is 0 Å². The molecule has 0 bridgehead atoms. The second kappa shape index (κ2) is 4.28. The van der Waals surface area contributed by atoms with Crippen LogP contribution in [0.4, 0.5) is 0 Å².